The number of halogens is 1. The third kappa shape index (κ3) is 6.70. The van der Waals surface area contributed by atoms with Gasteiger partial charge in [0.2, 0.25) is 0 Å². The van der Waals surface area contributed by atoms with Crippen LogP contribution in [0, 0.1) is 6.92 Å². The summed E-state index contributed by atoms with van der Waals surface area (Å²) in [5.41, 5.74) is -0.0763. The number of aliphatic hydroxyl groups is 1. The van der Waals surface area contributed by atoms with Crippen molar-refractivity contribution in [3.8, 4) is 0 Å². The fraction of sp³-hybridized carbons (Fsp3) is 0.571. The molecule has 0 radical (unpaired) electrons. The molecule has 3 heterocycles. The van der Waals surface area contributed by atoms with E-state index in [0.717, 1.165) is 36.7 Å². The summed E-state index contributed by atoms with van der Waals surface area (Å²) >= 11 is 1.58. The van der Waals surface area contributed by atoms with Gasteiger partial charge in [0, 0.05) is 13.1 Å². The molecule has 0 aromatic carbocycles. The summed E-state index contributed by atoms with van der Waals surface area (Å²) in [7, 11) is 0. The highest BCUT2D eigenvalue weighted by molar-refractivity contribution is 14.0. The summed E-state index contributed by atoms with van der Waals surface area (Å²) in [6.45, 7) is 9.78. The molecule has 3 rings (SSSR count). The second kappa shape index (κ2) is 11.3. The Bertz CT molecular complexity index is 755. The number of furan rings is 1. The Hall–Kier alpha value is -1.10. The Kier molecular flexibility index (Phi) is 9.45. The van der Waals surface area contributed by atoms with Crippen molar-refractivity contribution >= 4 is 41.3 Å². The van der Waals surface area contributed by atoms with E-state index < -0.39 is 5.60 Å². The van der Waals surface area contributed by atoms with E-state index in [1.807, 2.05) is 36.7 Å². The maximum absolute atomic E-state index is 10.7. The predicted octanol–water partition coefficient (Wildman–Crippen LogP) is 3.87. The van der Waals surface area contributed by atoms with Gasteiger partial charge in [-0.25, -0.2) is 4.99 Å². The first-order chi connectivity index (χ1) is 13.5. The normalized spacial score (nSPS) is 18.1. The Morgan fingerprint density at radius 3 is 2.66 bits per heavy atom. The van der Waals surface area contributed by atoms with E-state index in [1.54, 1.807) is 18.3 Å². The zero-order valence-corrected chi connectivity index (χ0v) is 20.6. The van der Waals surface area contributed by atoms with Gasteiger partial charge in [0.15, 0.2) is 5.96 Å². The van der Waals surface area contributed by atoms with Crippen molar-refractivity contribution in [2.45, 2.75) is 45.3 Å². The standard InChI is InChI=1S/C21H32N4O2S.HI/c1-4-22-20(24-15-21(3,26)17-9-12-28-14-17)23-13-18(25-10-5-6-11-25)19-8-7-16(2)27-19;/h7-9,12,14,18,26H,4-6,10-11,13,15H2,1-3H3,(H2,22,23,24);1H. The lowest BCUT2D eigenvalue weighted by molar-refractivity contribution is 0.0677. The van der Waals surface area contributed by atoms with Gasteiger partial charge in [-0.05, 0) is 81.2 Å². The number of likely N-dealkylation sites (tertiary alicyclic amines) is 1. The number of aliphatic imine (C=N–C) groups is 1. The zero-order valence-electron chi connectivity index (χ0n) is 17.5. The Balaban J connectivity index is 0.00000300. The van der Waals surface area contributed by atoms with Crippen molar-refractivity contribution in [2.75, 3.05) is 32.7 Å². The van der Waals surface area contributed by atoms with Crippen LogP contribution in [0.4, 0.5) is 0 Å². The van der Waals surface area contributed by atoms with Crippen LogP contribution in [0.2, 0.25) is 0 Å². The molecule has 2 aromatic heterocycles. The third-order valence-corrected chi connectivity index (χ3v) is 5.85. The molecule has 162 valence electrons. The second-order valence-electron chi connectivity index (χ2n) is 7.57. The second-order valence-corrected chi connectivity index (χ2v) is 8.35. The fourth-order valence-electron chi connectivity index (χ4n) is 3.53. The first-order valence-electron chi connectivity index (χ1n) is 10.1. The average Bonchev–Trinajstić information content (AvgIpc) is 3.42. The highest BCUT2D eigenvalue weighted by atomic mass is 127. The molecule has 3 N–H and O–H groups in total. The summed E-state index contributed by atoms with van der Waals surface area (Å²) in [4.78, 5) is 7.11. The molecule has 1 aliphatic rings. The molecule has 1 aliphatic heterocycles. The molecule has 1 saturated heterocycles. The van der Waals surface area contributed by atoms with Crippen molar-refractivity contribution in [2.24, 2.45) is 4.99 Å². The van der Waals surface area contributed by atoms with Crippen LogP contribution in [0.5, 0.6) is 0 Å². The molecular weight excluding hydrogens is 499 g/mol. The minimum absolute atomic E-state index is 0. The van der Waals surface area contributed by atoms with Crippen LogP contribution in [0.1, 0.15) is 49.8 Å². The molecule has 29 heavy (non-hydrogen) atoms. The number of guanidine groups is 1. The van der Waals surface area contributed by atoms with E-state index in [-0.39, 0.29) is 30.0 Å². The quantitative estimate of drug-likeness (QED) is 0.274. The van der Waals surface area contributed by atoms with Crippen molar-refractivity contribution in [1.29, 1.82) is 0 Å². The summed E-state index contributed by atoms with van der Waals surface area (Å²) in [5.74, 6) is 2.64. The molecule has 1 fully saturated rings. The Labute approximate surface area is 194 Å². The summed E-state index contributed by atoms with van der Waals surface area (Å²) in [5, 5.41) is 21.4. The lowest BCUT2D eigenvalue weighted by atomic mass is 10.00. The van der Waals surface area contributed by atoms with Crippen LogP contribution >= 0.6 is 35.3 Å². The molecular formula is C21H33IN4O2S. The van der Waals surface area contributed by atoms with Crippen molar-refractivity contribution in [3.05, 3.63) is 46.0 Å². The van der Waals surface area contributed by atoms with Gasteiger partial charge >= 0.3 is 0 Å². The van der Waals surface area contributed by atoms with Gasteiger partial charge in [-0.1, -0.05) is 0 Å². The minimum Gasteiger partial charge on any atom is -0.465 e. The van der Waals surface area contributed by atoms with Gasteiger partial charge in [-0.3, -0.25) is 4.90 Å². The number of rotatable bonds is 8. The van der Waals surface area contributed by atoms with Crippen LogP contribution in [0.3, 0.4) is 0 Å². The maximum Gasteiger partial charge on any atom is 0.191 e. The van der Waals surface area contributed by atoms with E-state index >= 15 is 0 Å². The van der Waals surface area contributed by atoms with Gasteiger partial charge in [-0.15, -0.1) is 24.0 Å². The number of hydrogen-bond donors (Lipinski definition) is 3. The topological polar surface area (TPSA) is 73.0 Å². The minimum atomic E-state index is -0.977. The van der Waals surface area contributed by atoms with Crippen LogP contribution < -0.4 is 10.6 Å². The van der Waals surface area contributed by atoms with E-state index in [0.29, 0.717) is 19.0 Å². The molecule has 8 heteroatoms. The average molecular weight is 532 g/mol. The molecule has 0 saturated carbocycles. The van der Waals surface area contributed by atoms with Crippen molar-refractivity contribution in [3.63, 3.8) is 0 Å². The van der Waals surface area contributed by atoms with Crippen LogP contribution in [0.15, 0.2) is 38.4 Å². The summed E-state index contributed by atoms with van der Waals surface area (Å²) in [6.07, 6.45) is 2.46. The third-order valence-electron chi connectivity index (χ3n) is 5.17. The molecule has 0 bridgehead atoms. The highest BCUT2D eigenvalue weighted by Crippen LogP contribution is 2.26. The van der Waals surface area contributed by atoms with Crippen molar-refractivity contribution < 1.29 is 9.52 Å². The largest absolute Gasteiger partial charge is 0.465 e. The first-order valence-corrected chi connectivity index (χ1v) is 11.0. The first kappa shape index (κ1) is 24.2. The molecule has 0 aliphatic carbocycles. The monoisotopic (exact) mass is 532 g/mol. The lowest BCUT2D eigenvalue weighted by Gasteiger charge is -2.27. The number of hydrogen-bond acceptors (Lipinski definition) is 5. The molecule has 0 amide bonds. The number of nitrogens with one attached hydrogen (secondary N) is 2. The van der Waals surface area contributed by atoms with Gasteiger partial charge in [-0.2, -0.15) is 11.3 Å². The lowest BCUT2D eigenvalue weighted by Crippen LogP contribution is -2.43. The van der Waals surface area contributed by atoms with Gasteiger partial charge in [0.05, 0.1) is 12.6 Å². The molecule has 0 spiro atoms. The van der Waals surface area contributed by atoms with E-state index in [4.69, 9.17) is 4.42 Å². The number of nitrogens with zero attached hydrogens (tertiary/aromatic N) is 2. The summed E-state index contributed by atoms with van der Waals surface area (Å²) < 4.78 is 5.93. The molecule has 6 nitrogen and oxygen atoms in total. The Morgan fingerprint density at radius 2 is 2.07 bits per heavy atom. The summed E-state index contributed by atoms with van der Waals surface area (Å²) in [6, 6.07) is 6.22. The van der Waals surface area contributed by atoms with E-state index in [1.165, 1.54) is 12.8 Å². The molecule has 2 aromatic rings. The van der Waals surface area contributed by atoms with E-state index in [2.05, 4.69) is 26.6 Å². The molecule has 2 atom stereocenters. The van der Waals surface area contributed by atoms with Gasteiger partial charge in [0.25, 0.3) is 0 Å². The SMILES string of the molecule is CCNC(=NCC(C)(O)c1ccsc1)NCC(c1ccc(C)o1)N1CCCC1.I. The van der Waals surface area contributed by atoms with Crippen LogP contribution in [-0.4, -0.2) is 48.7 Å². The maximum atomic E-state index is 10.7. The molecule has 2 unspecified atom stereocenters. The van der Waals surface area contributed by atoms with Crippen LogP contribution in [-0.2, 0) is 5.60 Å². The zero-order chi connectivity index (χ0) is 20.0. The van der Waals surface area contributed by atoms with E-state index in [9.17, 15) is 5.11 Å². The van der Waals surface area contributed by atoms with Gasteiger partial charge < -0.3 is 20.2 Å². The van der Waals surface area contributed by atoms with Gasteiger partial charge in [0.1, 0.15) is 17.1 Å². The van der Waals surface area contributed by atoms with Crippen molar-refractivity contribution in [1.82, 2.24) is 15.5 Å². The number of thiophene rings is 1. The number of aryl methyl sites for hydroxylation is 1. The smallest absolute Gasteiger partial charge is 0.191 e. The highest BCUT2D eigenvalue weighted by Gasteiger charge is 2.27. The predicted molar refractivity (Wildman–Crippen MR) is 130 cm³/mol. The fourth-order valence-corrected chi connectivity index (χ4v) is 4.31. The Morgan fingerprint density at radius 1 is 1.31 bits per heavy atom. The van der Waals surface area contributed by atoms with Crippen LogP contribution in [0.25, 0.3) is 0 Å².